The lowest BCUT2D eigenvalue weighted by Gasteiger charge is -2.33. The van der Waals surface area contributed by atoms with Crippen LogP contribution in [0.5, 0.6) is 0 Å². The summed E-state index contributed by atoms with van der Waals surface area (Å²) in [7, 11) is -3.30. The number of esters is 1. The molecule has 1 aromatic carbocycles. The van der Waals surface area contributed by atoms with Crippen LogP contribution in [0, 0.1) is 0 Å². The lowest BCUT2D eigenvalue weighted by atomic mass is 10.0. The third-order valence-corrected chi connectivity index (χ3v) is 5.10. The summed E-state index contributed by atoms with van der Waals surface area (Å²) in [6, 6.07) is 5.63. The van der Waals surface area contributed by atoms with Gasteiger partial charge in [-0.2, -0.15) is 0 Å². The van der Waals surface area contributed by atoms with Crippen molar-refractivity contribution < 1.29 is 22.7 Å². The minimum Gasteiger partial charge on any atom is -0.452 e. The van der Waals surface area contributed by atoms with Crippen LogP contribution in [0.1, 0.15) is 36.5 Å². The number of rotatable bonds is 4. The number of carbonyl (C=O) groups excluding carboxylic acids is 2. The van der Waals surface area contributed by atoms with Gasteiger partial charge in [0.15, 0.2) is 16.4 Å². The van der Waals surface area contributed by atoms with Crippen molar-refractivity contribution in [3.05, 3.63) is 29.8 Å². The fraction of sp³-hybridized carbons (Fsp3) is 0.500. The second kappa shape index (κ2) is 7.12. The first-order valence-electron chi connectivity index (χ1n) is 7.56. The highest BCUT2D eigenvalue weighted by molar-refractivity contribution is 7.90. The number of nitrogens with zero attached hydrogens (tertiary/aromatic N) is 1. The van der Waals surface area contributed by atoms with E-state index in [-0.39, 0.29) is 29.0 Å². The summed E-state index contributed by atoms with van der Waals surface area (Å²) in [5.41, 5.74) is 0.219. The van der Waals surface area contributed by atoms with Crippen molar-refractivity contribution in [1.82, 2.24) is 4.90 Å². The number of sulfone groups is 1. The van der Waals surface area contributed by atoms with Crippen LogP contribution in [-0.4, -0.2) is 50.6 Å². The molecule has 1 heterocycles. The number of carbonyl (C=O) groups is 2. The van der Waals surface area contributed by atoms with E-state index < -0.39 is 15.8 Å². The highest BCUT2D eigenvalue weighted by Crippen LogP contribution is 2.16. The Kier molecular flexibility index (Phi) is 5.41. The van der Waals surface area contributed by atoms with Crippen LogP contribution in [0.25, 0.3) is 0 Å². The molecule has 1 atom stereocenters. The van der Waals surface area contributed by atoms with Gasteiger partial charge >= 0.3 is 5.97 Å². The predicted molar refractivity (Wildman–Crippen MR) is 84.9 cm³/mol. The molecule has 23 heavy (non-hydrogen) atoms. The Bertz CT molecular complexity index is 681. The molecule has 2 rings (SSSR count). The van der Waals surface area contributed by atoms with Crippen LogP contribution in [0.3, 0.4) is 0 Å². The summed E-state index contributed by atoms with van der Waals surface area (Å²) in [5, 5.41) is 0. The standard InChI is InChI=1S/C16H21NO5S/c1-12-5-3-4-10-17(12)15(18)11-22-16(19)13-6-8-14(9-7-13)23(2,20)21/h6-9,12H,3-5,10-11H2,1-2H3. The molecule has 1 fully saturated rings. The summed E-state index contributed by atoms with van der Waals surface area (Å²) in [5.74, 6) is -0.832. The molecular weight excluding hydrogens is 318 g/mol. The highest BCUT2D eigenvalue weighted by atomic mass is 32.2. The second-order valence-electron chi connectivity index (χ2n) is 5.80. The average molecular weight is 339 g/mol. The normalized spacial score (nSPS) is 18.5. The maximum Gasteiger partial charge on any atom is 0.338 e. The minimum atomic E-state index is -3.30. The Labute approximate surface area is 136 Å². The minimum absolute atomic E-state index is 0.132. The average Bonchev–Trinajstić information content (AvgIpc) is 2.52. The summed E-state index contributed by atoms with van der Waals surface area (Å²) in [6.07, 6.45) is 4.14. The van der Waals surface area contributed by atoms with Gasteiger partial charge in [-0.05, 0) is 50.5 Å². The van der Waals surface area contributed by atoms with Gasteiger partial charge in [-0.3, -0.25) is 4.79 Å². The fourth-order valence-corrected chi connectivity index (χ4v) is 3.23. The zero-order valence-corrected chi connectivity index (χ0v) is 14.1. The van der Waals surface area contributed by atoms with Gasteiger partial charge in [0.25, 0.3) is 5.91 Å². The molecule has 1 aliphatic heterocycles. The number of likely N-dealkylation sites (tertiary alicyclic amines) is 1. The molecule has 0 radical (unpaired) electrons. The first kappa shape index (κ1) is 17.5. The summed E-state index contributed by atoms with van der Waals surface area (Å²) >= 11 is 0. The van der Waals surface area contributed by atoms with Crippen molar-refractivity contribution in [3.8, 4) is 0 Å². The number of amides is 1. The molecule has 1 aliphatic rings. The lowest BCUT2D eigenvalue weighted by molar-refractivity contribution is -0.137. The van der Waals surface area contributed by atoms with Gasteiger partial charge in [0.2, 0.25) is 0 Å². The van der Waals surface area contributed by atoms with Crippen molar-refractivity contribution in [2.75, 3.05) is 19.4 Å². The molecule has 1 aromatic rings. The van der Waals surface area contributed by atoms with Gasteiger partial charge < -0.3 is 9.64 Å². The number of benzene rings is 1. The monoisotopic (exact) mass is 339 g/mol. The van der Waals surface area contributed by atoms with E-state index in [0.29, 0.717) is 6.54 Å². The van der Waals surface area contributed by atoms with Gasteiger partial charge in [0.05, 0.1) is 10.5 Å². The molecule has 7 heteroatoms. The topological polar surface area (TPSA) is 80.8 Å². The SMILES string of the molecule is CC1CCCCN1C(=O)COC(=O)c1ccc(S(C)(=O)=O)cc1. The summed E-state index contributed by atoms with van der Waals surface area (Å²) in [4.78, 5) is 25.9. The van der Waals surface area contributed by atoms with Crippen molar-refractivity contribution in [2.45, 2.75) is 37.1 Å². The highest BCUT2D eigenvalue weighted by Gasteiger charge is 2.24. The fourth-order valence-electron chi connectivity index (χ4n) is 2.60. The molecule has 0 aliphatic carbocycles. The van der Waals surface area contributed by atoms with Gasteiger partial charge in [0.1, 0.15) is 0 Å². The summed E-state index contributed by atoms with van der Waals surface area (Å²) in [6.45, 7) is 2.39. The van der Waals surface area contributed by atoms with E-state index in [9.17, 15) is 18.0 Å². The Morgan fingerprint density at radius 1 is 1.22 bits per heavy atom. The van der Waals surface area contributed by atoms with Crippen LogP contribution in [0.2, 0.25) is 0 Å². The zero-order chi connectivity index (χ0) is 17.0. The number of hydrogen-bond acceptors (Lipinski definition) is 5. The zero-order valence-electron chi connectivity index (χ0n) is 13.3. The van der Waals surface area contributed by atoms with Crippen LogP contribution in [-0.2, 0) is 19.4 Å². The molecule has 1 saturated heterocycles. The molecule has 0 aromatic heterocycles. The molecule has 126 valence electrons. The van der Waals surface area contributed by atoms with E-state index in [1.54, 1.807) is 4.90 Å². The molecular formula is C16H21NO5S. The smallest absolute Gasteiger partial charge is 0.338 e. The first-order valence-corrected chi connectivity index (χ1v) is 9.45. The Balaban J connectivity index is 1.93. The van der Waals surface area contributed by atoms with Crippen molar-refractivity contribution in [2.24, 2.45) is 0 Å². The molecule has 0 spiro atoms. The van der Waals surface area contributed by atoms with Crippen LogP contribution in [0.15, 0.2) is 29.2 Å². The Hall–Kier alpha value is -1.89. The largest absolute Gasteiger partial charge is 0.452 e. The predicted octanol–water partition coefficient (Wildman–Crippen LogP) is 1.65. The molecule has 1 amide bonds. The molecule has 0 bridgehead atoms. The molecule has 6 nitrogen and oxygen atoms in total. The van der Waals surface area contributed by atoms with Gasteiger partial charge in [-0.15, -0.1) is 0 Å². The quantitative estimate of drug-likeness (QED) is 0.779. The molecule has 0 saturated carbocycles. The van der Waals surface area contributed by atoms with E-state index in [1.165, 1.54) is 24.3 Å². The first-order chi connectivity index (χ1) is 10.8. The van der Waals surface area contributed by atoms with E-state index in [0.717, 1.165) is 25.5 Å². The van der Waals surface area contributed by atoms with Crippen molar-refractivity contribution in [3.63, 3.8) is 0 Å². The number of piperidine rings is 1. The Morgan fingerprint density at radius 2 is 1.87 bits per heavy atom. The number of ether oxygens (including phenoxy) is 1. The van der Waals surface area contributed by atoms with Gasteiger partial charge in [0, 0.05) is 18.8 Å². The maximum atomic E-state index is 12.1. The van der Waals surface area contributed by atoms with Crippen LogP contribution < -0.4 is 0 Å². The van der Waals surface area contributed by atoms with Crippen molar-refractivity contribution >= 4 is 21.7 Å². The van der Waals surface area contributed by atoms with E-state index in [2.05, 4.69) is 0 Å². The lowest BCUT2D eigenvalue weighted by Crippen LogP contribution is -2.44. The summed E-state index contributed by atoms with van der Waals surface area (Å²) < 4.78 is 27.8. The Morgan fingerprint density at radius 3 is 2.43 bits per heavy atom. The molecule has 1 unspecified atom stereocenters. The van der Waals surface area contributed by atoms with E-state index >= 15 is 0 Å². The van der Waals surface area contributed by atoms with E-state index in [1.807, 2.05) is 6.92 Å². The van der Waals surface area contributed by atoms with Crippen LogP contribution >= 0.6 is 0 Å². The third kappa shape index (κ3) is 4.54. The van der Waals surface area contributed by atoms with Gasteiger partial charge in [-0.25, -0.2) is 13.2 Å². The van der Waals surface area contributed by atoms with E-state index in [4.69, 9.17) is 4.74 Å². The van der Waals surface area contributed by atoms with Gasteiger partial charge in [-0.1, -0.05) is 0 Å². The van der Waals surface area contributed by atoms with Crippen molar-refractivity contribution in [1.29, 1.82) is 0 Å². The van der Waals surface area contributed by atoms with Crippen LogP contribution in [0.4, 0.5) is 0 Å². The second-order valence-corrected chi connectivity index (χ2v) is 7.82. The third-order valence-electron chi connectivity index (χ3n) is 3.97. The maximum absolute atomic E-state index is 12.1. The molecule has 0 N–H and O–H groups in total. The number of hydrogen-bond donors (Lipinski definition) is 0.